The Morgan fingerprint density at radius 2 is 2.23 bits per heavy atom. The Morgan fingerprint density at radius 3 is 2.69 bits per heavy atom. The van der Waals surface area contributed by atoms with Gasteiger partial charge >= 0.3 is 0 Å². The van der Waals surface area contributed by atoms with Gasteiger partial charge in [-0.25, -0.2) is 0 Å². The van der Waals surface area contributed by atoms with Gasteiger partial charge in [-0.2, -0.15) is 0 Å². The number of nitrogens with one attached hydrogen (secondary N) is 1. The van der Waals surface area contributed by atoms with Gasteiger partial charge in [0.2, 0.25) is 0 Å². The van der Waals surface area contributed by atoms with E-state index in [-0.39, 0.29) is 5.69 Å². The lowest BCUT2D eigenvalue weighted by Crippen LogP contribution is -1.98. The average Bonchev–Trinajstić information content (AvgIpc) is 2.03. The molecule has 0 amide bonds. The predicted molar refractivity (Wildman–Crippen MR) is 50.1 cm³/mol. The van der Waals surface area contributed by atoms with E-state index in [2.05, 4.69) is 0 Å². The zero-order valence-electron chi connectivity index (χ0n) is 7.07. The van der Waals surface area contributed by atoms with Crippen molar-refractivity contribution in [2.45, 2.75) is 6.92 Å². The van der Waals surface area contributed by atoms with E-state index in [9.17, 15) is 10.1 Å². The van der Waals surface area contributed by atoms with Gasteiger partial charge in [-0.1, -0.05) is 0 Å². The van der Waals surface area contributed by atoms with Crippen LogP contribution in [0.5, 0.6) is 0 Å². The third-order valence-electron chi connectivity index (χ3n) is 1.75. The smallest absolute Gasteiger partial charge is 0.273 e. The number of anilines is 1. The van der Waals surface area contributed by atoms with Crippen LogP contribution in [0.4, 0.5) is 11.4 Å². The van der Waals surface area contributed by atoms with Crippen molar-refractivity contribution in [1.29, 1.82) is 5.41 Å². The minimum Gasteiger partial charge on any atom is -0.398 e. The Bertz CT molecular complexity index is 374. The molecule has 0 radical (unpaired) electrons. The minimum atomic E-state index is -0.484. The zero-order chi connectivity index (χ0) is 10.0. The molecule has 0 bridgehead atoms. The molecule has 1 aromatic carbocycles. The molecule has 0 fully saturated rings. The maximum atomic E-state index is 10.5. The first-order valence-electron chi connectivity index (χ1n) is 3.61. The Morgan fingerprint density at radius 1 is 1.62 bits per heavy atom. The van der Waals surface area contributed by atoms with Gasteiger partial charge in [-0.3, -0.25) is 10.1 Å². The van der Waals surface area contributed by atoms with Gasteiger partial charge in [0.25, 0.3) is 5.69 Å². The Balaban J connectivity index is 3.38. The second kappa shape index (κ2) is 3.22. The first-order chi connectivity index (χ1) is 6.06. The van der Waals surface area contributed by atoms with Gasteiger partial charge in [0.15, 0.2) is 0 Å². The molecule has 0 unspecified atom stereocenters. The normalized spacial score (nSPS) is 9.62. The van der Waals surface area contributed by atoms with E-state index in [0.717, 1.165) is 6.21 Å². The van der Waals surface area contributed by atoms with E-state index in [0.29, 0.717) is 16.8 Å². The van der Waals surface area contributed by atoms with Gasteiger partial charge in [0, 0.05) is 29.1 Å². The molecule has 0 aliphatic heterocycles. The fourth-order valence-electron chi connectivity index (χ4n) is 1.06. The molecule has 0 aromatic heterocycles. The van der Waals surface area contributed by atoms with Crippen LogP contribution >= 0.6 is 0 Å². The molecule has 0 saturated carbocycles. The maximum Gasteiger partial charge on any atom is 0.273 e. The number of nitrogens with two attached hydrogens (primary N) is 1. The Kier molecular flexibility index (Phi) is 2.27. The number of nitrogens with zero attached hydrogens (tertiary/aromatic N) is 1. The lowest BCUT2D eigenvalue weighted by molar-refractivity contribution is -0.385. The summed E-state index contributed by atoms with van der Waals surface area (Å²) >= 11 is 0. The van der Waals surface area contributed by atoms with E-state index in [1.54, 1.807) is 6.92 Å². The second-order valence-electron chi connectivity index (χ2n) is 2.67. The summed E-state index contributed by atoms with van der Waals surface area (Å²) in [6, 6.07) is 2.80. The van der Waals surface area contributed by atoms with E-state index < -0.39 is 4.92 Å². The number of hydrogen-bond donors (Lipinski definition) is 2. The molecular formula is C8H9N3O2. The summed E-state index contributed by atoms with van der Waals surface area (Å²) in [4.78, 5) is 10.0. The molecule has 0 saturated heterocycles. The molecule has 1 aromatic rings. The molecule has 68 valence electrons. The van der Waals surface area contributed by atoms with Crippen molar-refractivity contribution in [2.24, 2.45) is 0 Å². The molecule has 0 aliphatic rings. The lowest BCUT2D eigenvalue weighted by Gasteiger charge is -2.01. The van der Waals surface area contributed by atoms with Crippen molar-refractivity contribution in [3.05, 3.63) is 33.4 Å². The molecule has 1 rings (SSSR count). The van der Waals surface area contributed by atoms with Crippen molar-refractivity contribution < 1.29 is 4.92 Å². The van der Waals surface area contributed by atoms with Crippen LogP contribution in [0.2, 0.25) is 0 Å². The first kappa shape index (κ1) is 9.18. The number of nitro groups is 1. The molecule has 0 heterocycles. The fraction of sp³-hybridized carbons (Fsp3) is 0.125. The molecular weight excluding hydrogens is 170 g/mol. The van der Waals surface area contributed by atoms with Crippen LogP contribution in [0.25, 0.3) is 0 Å². The Labute approximate surface area is 74.8 Å². The summed E-state index contributed by atoms with van der Waals surface area (Å²) in [6.45, 7) is 1.61. The van der Waals surface area contributed by atoms with Crippen LogP contribution in [-0.2, 0) is 0 Å². The predicted octanol–water partition coefficient (Wildman–Crippen LogP) is 1.48. The van der Waals surface area contributed by atoms with Crippen molar-refractivity contribution >= 4 is 17.6 Å². The lowest BCUT2D eigenvalue weighted by atomic mass is 10.1. The van der Waals surface area contributed by atoms with Crippen LogP contribution in [-0.4, -0.2) is 11.1 Å². The van der Waals surface area contributed by atoms with Gasteiger partial charge in [-0.15, -0.1) is 0 Å². The third-order valence-corrected chi connectivity index (χ3v) is 1.75. The highest BCUT2D eigenvalue weighted by molar-refractivity contribution is 5.86. The van der Waals surface area contributed by atoms with E-state index in [1.807, 2.05) is 0 Å². The van der Waals surface area contributed by atoms with E-state index in [4.69, 9.17) is 11.1 Å². The van der Waals surface area contributed by atoms with Crippen LogP contribution in [0.1, 0.15) is 11.1 Å². The number of nitro benzene ring substituents is 1. The van der Waals surface area contributed by atoms with Gasteiger partial charge in [-0.05, 0) is 13.0 Å². The quantitative estimate of drug-likeness (QED) is 0.311. The molecule has 13 heavy (non-hydrogen) atoms. The van der Waals surface area contributed by atoms with Crippen molar-refractivity contribution in [2.75, 3.05) is 5.73 Å². The van der Waals surface area contributed by atoms with Crippen LogP contribution < -0.4 is 5.73 Å². The van der Waals surface area contributed by atoms with E-state index in [1.165, 1.54) is 12.1 Å². The number of rotatable bonds is 2. The summed E-state index contributed by atoms with van der Waals surface area (Å²) in [5, 5.41) is 17.5. The van der Waals surface area contributed by atoms with E-state index >= 15 is 0 Å². The third kappa shape index (κ3) is 1.64. The van der Waals surface area contributed by atoms with Crippen LogP contribution in [0.15, 0.2) is 12.1 Å². The molecule has 5 nitrogen and oxygen atoms in total. The SMILES string of the molecule is Cc1cc(N)c(C=N)cc1[N+](=O)[O-]. The summed E-state index contributed by atoms with van der Waals surface area (Å²) < 4.78 is 0. The number of benzene rings is 1. The Hall–Kier alpha value is -1.91. The van der Waals surface area contributed by atoms with Gasteiger partial charge < -0.3 is 11.1 Å². The second-order valence-corrected chi connectivity index (χ2v) is 2.67. The number of aryl methyl sites for hydroxylation is 1. The highest BCUT2D eigenvalue weighted by Crippen LogP contribution is 2.23. The summed E-state index contributed by atoms with van der Waals surface area (Å²) in [7, 11) is 0. The minimum absolute atomic E-state index is 0.00676. The zero-order valence-corrected chi connectivity index (χ0v) is 7.07. The fourth-order valence-corrected chi connectivity index (χ4v) is 1.06. The molecule has 0 atom stereocenters. The summed E-state index contributed by atoms with van der Waals surface area (Å²) in [5.41, 5.74) is 6.79. The topological polar surface area (TPSA) is 93.0 Å². The van der Waals surface area contributed by atoms with Crippen molar-refractivity contribution in [3.8, 4) is 0 Å². The average molecular weight is 179 g/mol. The first-order valence-corrected chi connectivity index (χ1v) is 3.61. The van der Waals surface area contributed by atoms with Crippen LogP contribution in [0, 0.1) is 22.4 Å². The molecule has 3 N–H and O–H groups in total. The number of nitrogen functional groups attached to an aromatic ring is 1. The standard InChI is InChI=1S/C8H9N3O2/c1-5-2-7(10)6(4-9)3-8(5)11(12)13/h2-4,9H,10H2,1H3. The van der Waals surface area contributed by atoms with Gasteiger partial charge in [0.05, 0.1) is 4.92 Å². The monoisotopic (exact) mass is 179 g/mol. The number of hydrogen-bond acceptors (Lipinski definition) is 4. The molecule has 0 spiro atoms. The molecule has 5 heteroatoms. The van der Waals surface area contributed by atoms with Crippen LogP contribution in [0.3, 0.4) is 0 Å². The van der Waals surface area contributed by atoms with Crippen molar-refractivity contribution in [3.63, 3.8) is 0 Å². The molecule has 0 aliphatic carbocycles. The summed E-state index contributed by atoms with van der Waals surface area (Å²) in [6.07, 6.45) is 1.00. The van der Waals surface area contributed by atoms with Crippen molar-refractivity contribution in [1.82, 2.24) is 0 Å². The maximum absolute atomic E-state index is 10.5. The van der Waals surface area contributed by atoms with Gasteiger partial charge in [0.1, 0.15) is 0 Å². The highest BCUT2D eigenvalue weighted by Gasteiger charge is 2.12. The largest absolute Gasteiger partial charge is 0.398 e. The highest BCUT2D eigenvalue weighted by atomic mass is 16.6. The summed E-state index contributed by atoms with van der Waals surface area (Å²) in [5.74, 6) is 0.